The van der Waals surface area contributed by atoms with Crippen molar-refractivity contribution in [2.24, 2.45) is 0 Å². The first kappa shape index (κ1) is 36.6. The maximum atomic E-state index is 11.9. The highest BCUT2D eigenvalue weighted by Crippen LogP contribution is 2.31. The van der Waals surface area contributed by atoms with E-state index in [1.165, 1.54) is 0 Å². The Morgan fingerprint density at radius 1 is 0.595 bits per heavy atom. The molecule has 0 saturated heterocycles. The third kappa shape index (κ3) is 13.5. The summed E-state index contributed by atoms with van der Waals surface area (Å²) in [6, 6.07) is 0. The molecular formula is C26H57NO8Si2. The SMILES string of the molecule is CCOC(=O)CCCN(CCC(C)[Si](OCC)(OCC)OCC)CCC(C)[Si](OCC)(OCC)OCC. The van der Waals surface area contributed by atoms with Gasteiger partial charge in [-0.2, -0.15) is 0 Å². The van der Waals surface area contributed by atoms with Crippen LogP contribution in [0.5, 0.6) is 0 Å². The van der Waals surface area contributed by atoms with E-state index >= 15 is 0 Å². The lowest BCUT2D eigenvalue weighted by Gasteiger charge is -2.36. The lowest BCUT2D eigenvalue weighted by Crippen LogP contribution is -2.51. The van der Waals surface area contributed by atoms with Crippen LogP contribution in [-0.4, -0.2) is 94.4 Å². The van der Waals surface area contributed by atoms with E-state index < -0.39 is 17.6 Å². The first-order chi connectivity index (χ1) is 17.7. The van der Waals surface area contributed by atoms with Crippen molar-refractivity contribution in [1.82, 2.24) is 4.90 Å². The summed E-state index contributed by atoms with van der Waals surface area (Å²) in [5.74, 6) is -0.143. The van der Waals surface area contributed by atoms with Gasteiger partial charge in [-0.15, -0.1) is 0 Å². The van der Waals surface area contributed by atoms with Crippen LogP contribution in [0.25, 0.3) is 0 Å². The molecular weight excluding hydrogens is 510 g/mol. The van der Waals surface area contributed by atoms with E-state index in [9.17, 15) is 4.79 Å². The van der Waals surface area contributed by atoms with Crippen molar-refractivity contribution in [1.29, 1.82) is 0 Å². The third-order valence-corrected chi connectivity index (χ3v) is 13.3. The van der Waals surface area contributed by atoms with Gasteiger partial charge in [0.2, 0.25) is 0 Å². The van der Waals surface area contributed by atoms with Gasteiger partial charge in [0.15, 0.2) is 0 Å². The van der Waals surface area contributed by atoms with Crippen LogP contribution in [0, 0.1) is 0 Å². The molecule has 0 rings (SSSR count). The number of rotatable bonds is 25. The van der Waals surface area contributed by atoms with E-state index in [0.717, 1.165) is 38.9 Å². The lowest BCUT2D eigenvalue weighted by atomic mass is 10.2. The van der Waals surface area contributed by atoms with Crippen LogP contribution in [0.2, 0.25) is 11.1 Å². The van der Waals surface area contributed by atoms with E-state index in [-0.39, 0.29) is 17.1 Å². The van der Waals surface area contributed by atoms with Crippen molar-refractivity contribution < 1.29 is 36.1 Å². The van der Waals surface area contributed by atoms with E-state index in [0.29, 0.717) is 52.7 Å². The molecule has 0 aromatic heterocycles. The number of nitrogens with zero attached hydrogens (tertiary/aromatic N) is 1. The number of ether oxygens (including phenoxy) is 1. The predicted molar refractivity (Wildman–Crippen MR) is 152 cm³/mol. The quantitative estimate of drug-likeness (QED) is 0.108. The highest BCUT2D eigenvalue weighted by Gasteiger charge is 2.47. The Morgan fingerprint density at radius 2 is 0.946 bits per heavy atom. The standard InChI is InChI=1S/C26H57NO8Si2/c1-10-29-26(28)18-17-21-27(22-19-24(8)36(30-11-2,31-12-3)32-13-4)23-20-25(9)37(33-14-5,34-15-6)35-16-7/h24-25H,10-23H2,1-9H3. The number of carbonyl (C=O) groups is 1. The van der Waals surface area contributed by atoms with Gasteiger partial charge in [0.1, 0.15) is 0 Å². The van der Waals surface area contributed by atoms with Gasteiger partial charge in [-0.05, 0) is 87.4 Å². The Hall–Kier alpha value is -0.376. The molecule has 0 radical (unpaired) electrons. The van der Waals surface area contributed by atoms with Crippen LogP contribution < -0.4 is 0 Å². The molecule has 0 spiro atoms. The fraction of sp³-hybridized carbons (Fsp3) is 0.962. The molecule has 0 heterocycles. The van der Waals surface area contributed by atoms with Crippen LogP contribution in [0.15, 0.2) is 0 Å². The minimum Gasteiger partial charge on any atom is -0.466 e. The molecule has 2 unspecified atom stereocenters. The van der Waals surface area contributed by atoms with Crippen LogP contribution in [0.4, 0.5) is 0 Å². The Bertz CT molecular complexity index is 503. The molecule has 0 aliphatic carbocycles. The molecule has 0 fully saturated rings. The Kier molecular flexibility index (Phi) is 21.2. The fourth-order valence-electron chi connectivity index (χ4n) is 4.43. The molecule has 222 valence electrons. The van der Waals surface area contributed by atoms with Crippen LogP contribution in [0.3, 0.4) is 0 Å². The maximum absolute atomic E-state index is 11.9. The fourth-order valence-corrected chi connectivity index (χ4v) is 10.0. The molecule has 0 N–H and O–H groups in total. The summed E-state index contributed by atoms with van der Waals surface area (Å²) in [5.41, 5.74) is 0.308. The molecule has 0 amide bonds. The second-order valence-electron chi connectivity index (χ2n) is 8.93. The summed E-state index contributed by atoms with van der Waals surface area (Å²) < 4.78 is 42.0. The molecule has 0 saturated carbocycles. The third-order valence-electron chi connectivity index (χ3n) is 6.20. The number of hydrogen-bond donors (Lipinski definition) is 0. The van der Waals surface area contributed by atoms with Crippen LogP contribution >= 0.6 is 0 Å². The Labute approximate surface area is 229 Å². The minimum absolute atomic E-state index is 0.143. The van der Waals surface area contributed by atoms with E-state index in [4.69, 9.17) is 31.3 Å². The van der Waals surface area contributed by atoms with Crippen LogP contribution in [0.1, 0.15) is 88.0 Å². The van der Waals surface area contributed by atoms with Crippen molar-refractivity contribution in [3.05, 3.63) is 0 Å². The average Bonchev–Trinajstić information content (AvgIpc) is 2.85. The zero-order valence-corrected chi connectivity index (χ0v) is 27.3. The van der Waals surface area contributed by atoms with Gasteiger partial charge in [-0.1, -0.05) is 13.8 Å². The molecule has 0 aliphatic rings. The molecule has 0 aliphatic heterocycles. The second kappa shape index (κ2) is 21.4. The normalized spacial score (nSPS) is 14.2. The smallest absolute Gasteiger partial charge is 0.466 e. The number of hydrogen-bond acceptors (Lipinski definition) is 9. The molecule has 9 nitrogen and oxygen atoms in total. The van der Waals surface area contributed by atoms with Gasteiger partial charge in [0.05, 0.1) is 6.61 Å². The number of esters is 1. The maximum Gasteiger partial charge on any atom is 0.503 e. The molecule has 2 atom stereocenters. The average molecular weight is 568 g/mol. The van der Waals surface area contributed by atoms with Crippen LogP contribution in [-0.2, 0) is 36.1 Å². The van der Waals surface area contributed by atoms with Crippen molar-refractivity contribution in [3.8, 4) is 0 Å². The van der Waals surface area contributed by atoms with Gasteiger partial charge in [-0.25, -0.2) is 0 Å². The molecule has 0 aromatic carbocycles. The summed E-state index contributed by atoms with van der Waals surface area (Å²) in [4.78, 5) is 14.3. The van der Waals surface area contributed by atoms with Gasteiger partial charge >= 0.3 is 23.6 Å². The lowest BCUT2D eigenvalue weighted by molar-refractivity contribution is -0.143. The van der Waals surface area contributed by atoms with Crippen molar-refractivity contribution in [2.45, 2.75) is 99.1 Å². The summed E-state index contributed by atoms with van der Waals surface area (Å²) >= 11 is 0. The first-order valence-electron chi connectivity index (χ1n) is 14.5. The number of carbonyl (C=O) groups excluding carboxylic acids is 1. The van der Waals surface area contributed by atoms with Crippen molar-refractivity contribution >= 4 is 23.6 Å². The topological polar surface area (TPSA) is 84.9 Å². The van der Waals surface area contributed by atoms with E-state index in [1.54, 1.807) is 0 Å². The van der Waals surface area contributed by atoms with E-state index in [1.807, 2.05) is 48.5 Å². The van der Waals surface area contributed by atoms with E-state index in [2.05, 4.69) is 18.7 Å². The largest absolute Gasteiger partial charge is 0.503 e. The zero-order valence-electron chi connectivity index (χ0n) is 25.3. The Balaban J connectivity index is 5.48. The molecule has 11 heteroatoms. The van der Waals surface area contributed by atoms with Crippen molar-refractivity contribution in [3.63, 3.8) is 0 Å². The van der Waals surface area contributed by atoms with Gasteiger partial charge in [-0.3, -0.25) is 4.79 Å². The van der Waals surface area contributed by atoms with Gasteiger partial charge < -0.3 is 36.2 Å². The molecule has 37 heavy (non-hydrogen) atoms. The van der Waals surface area contributed by atoms with Crippen molar-refractivity contribution in [2.75, 3.05) is 65.9 Å². The molecule has 0 aromatic rings. The predicted octanol–water partition coefficient (Wildman–Crippen LogP) is 5.29. The second-order valence-corrected chi connectivity index (χ2v) is 15.1. The zero-order chi connectivity index (χ0) is 28.2. The van der Waals surface area contributed by atoms with Gasteiger partial charge in [0.25, 0.3) is 0 Å². The summed E-state index contributed by atoms with van der Waals surface area (Å²) in [5, 5.41) is 0. The van der Waals surface area contributed by atoms with Gasteiger partial charge in [0, 0.05) is 57.1 Å². The first-order valence-corrected chi connectivity index (χ1v) is 18.1. The highest BCUT2D eigenvalue weighted by atomic mass is 28.4. The minimum atomic E-state index is -2.79. The summed E-state index contributed by atoms with van der Waals surface area (Å²) in [7, 11) is -5.57. The molecule has 0 bridgehead atoms. The summed E-state index contributed by atoms with van der Waals surface area (Å²) in [6.07, 6.45) is 2.92. The summed E-state index contributed by atoms with van der Waals surface area (Å²) in [6.45, 7) is 24.4. The Morgan fingerprint density at radius 3 is 1.24 bits per heavy atom. The monoisotopic (exact) mass is 567 g/mol. The highest BCUT2D eigenvalue weighted by molar-refractivity contribution is 6.62.